The van der Waals surface area contributed by atoms with Crippen LogP contribution in [0.2, 0.25) is 0 Å². The van der Waals surface area contributed by atoms with Gasteiger partial charge < -0.3 is 5.32 Å². The molecule has 2 aromatic carbocycles. The molecule has 1 aliphatic heterocycles. The van der Waals surface area contributed by atoms with Gasteiger partial charge in [-0.05, 0) is 37.0 Å². The van der Waals surface area contributed by atoms with Crippen LogP contribution in [0.15, 0.2) is 54.6 Å². The van der Waals surface area contributed by atoms with Crippen LogP contribution in [0.4, 0.5) is 5.69 Å². The van der Waals surface area contributed by atoms with Crippen molar-refractivity contribution in [3.05, 3.63) is 65.7 Å². The smallest absolute Gasteiger partial charge is 0.243 e. The monoisotopic (exact) mass is 322 g/mol. The molecule has 0 bridgehead atoms. The second-order valence-electron chi connectivity index (χ2n) is 6.13. The Morgan fingerprint density at radius 1 is 1.08 bits per heavy atom. The largest absolute Gasteiger partial charge is 0.350 e. The molecule has 0 unspecified atom stereocenters. The predicted molar refractivity (Wildman–Crippen MR) is 94.6 cm³/mol. The molecule has 0 spiro atoms. The van der Waals surface area contributed by atoms with Crippen LogP contribution in [0.5, 0.6) is 0 Å². The Morgan fingerprint density at radius 2 is 1.79 bits per heavy atom. The first-order valence-electron chi connectivity index (χ1n) is 8.38. The van der Waals surface area contributed by atoms with Crippen molar-refractivity contribution in [2.45, 2.75) is 38.8 Å². The van der Waals surface area contributed by atoms with E-state index in [0.717, 1.165) is 29.7 Å². The highest BCUT2D eigenvalue weighted by Gasteiger charge is 2.30. The molecule has 24 heavy (non-hydrogen) atoms. The molecule has 124 valence electrons. The van der Waals surface area contributed by atoms with Crippen LogP contribution < -0.4 is 10.2 Å². The minimum atomic E-state index is -0.527. The summed E-state index contributed by atoms with van der Waals surface area (Å²) >= 11 is 0. The van der Waals surface area contributed by atoms with Gasteiger partial charge in [-0.15, -0.1) is 0 Å². The maximum absolute atomic E-state index is 12.6. The zero-order valence-corrected chi connectivity index (χ0v) is 13.9. The molecule has 1 aliphatic rings. The van der Waals surface area contributed by atoms with E-state index in [0.29, 0.717) is 13.0 Å². The summed E-state index contributed by atoms with van der Waals surface area (Å²) < 4.78 is 0. The van der Waals surface area contributed by atoms with Crippen LogP contribution in [0, 0.1) is 0 Å². The molecule has 4 heteroatoms. The van der Waals surface area contributed by atoms with Crippen LogP contribution in [-0.4, -0.2) is 17.9 Å². The summed E-state index contributed by atoms with van der Waals surface area (Å²) in [4.78, 5) is 26.8. The van der Waals surface area contributed by atoms with Gasteiger partial charge in [-0.3, -0.25) is 14.5 Å². The summed E-state index contributed by atoms with van der Waals surface area (Å²) in [7, 11) is 0. The lowest BCUT2D eigenvalue weighted by Gasteiger charge is -2.28. The number of nitrogens with one attached hydrogen (secondary N) is 1. The number of rotatable bonds is 4. The van der Waals surface area contributed by atoms with Crippen LogP contribution >= 0.6 is 0 Å². The van der Waals surface area contributed by atoms with Gasteiger partial charge >= 0.3 is 0 Å². The number of hydrogen-bond donors (Lipinski definition) is 1. The number of nitrogens with zero attached hydrogens (tertiary/aromatic N) is 1. The molecular formula is C20H22N2O2. The van der Waals surface area contributed by atoms with Crippen molar-refractivity contribution >= 4 is 17.5 Å². The fourth-order valence-electron chi connectivity index (χ4n) is 3.12. The van der Waals surface area contributed by atoms with Crippen molar-refractivity contribution in [1.82, 2.24) is 5.32 Å². The Balaban J connectivity index is 1.76. The van der Waals surface area contributed by atoms with Crippen LogP contribution in [-0.2, 0) is 22.6 Å². The molecule has 2 amide bonds. The first-order chi connectivity index (χ1) is 11.7. The van der Waals surface area contributed by atoms with E-state index in [1.807, 2.05) is 54.6 Å². The second kappa shape index (κ2) is 7.30. The molecule has 0 aliphatic carbocycles. The summed E-state index contributed by atoms with van der Waals surface area (Å²) in [5.74, 6) is -0.119. The maximum Gasteiger partial charge on any atom is 0.243 e. The van der Waals surface area contributed by atoms with E-state index in [1.165, 1.54) is 0 Å². The van der Waals surface area contributed by atoms with E-state index in [2.05, 4.69) is 5.32 Å². The number of aryl methyl sites for hydroxylation is 1. The third kappa shape index (κ3) is 3.48. The highest BCUT2D eigenvalue weighted by atomic mass is 16.2. The van der Waals surface area contributed by atoms with Crippen LogP contribution in [0.3, 0.4) is 0 Å². The summed E-state index contributed by atoms with van der Waals surface area (Å²) in [5.41, 5.74) is 3.04. The lowest BCUT2D eigenvalue weighted by molar-refractivity contribution is -0.126. The van der Waals surface area contributed by atoms with Crippen molar-refractivity contribution in [3.63, 3.8) is 0 Å². The van der Waals surface area contributed by atoms with E-state index >= 15 is 0 Å². The van der Waals surface area contributed by atoms with Gasteiger partial charge in [-0.25, -0.2) is 0 Å². The Labute approximate surface area is 142 Å². The Hall–Kier alpha value is -2.62. The van der Waals surface area contributed by atoms with Crippen molar-refractivity contribution in [1.29, 1.82) is 0 Å². The minimum Gasteiger partial charge on any atom is -0.350 e. The van der Waals surface area contributed by atoms with Gasteiger partial charge in [0.05, 0.1) is 0 Å². The Kier molecular flexibility index (Phi) is 4.94. The highest BCUT2D eigenvalue weighted by Crippen LogP contribution is 2.28. The molecule has 1 atom stereocenters. The van der Waals surface area contributed by atoms with Crippen molar-refractivity contribution in [3.8, 4) is 0 Å². The Morgan fingerprint density at radius 3 is 2.58 bits per heavy atom. The topological polar surface area (TPSA) is 49.4 Å². The quantitative estimate of drug-likeness (QED) is 0.940. The van der Waals surface area contributed by atoms with Crippen molar-refractivity contribution in [2.75, 3.05) is 4.90 Å². The lowest BCUT2D eigenvalue weighted by Crippen LogP contribution is -2.48. The third-order valence-electron chi connectivity index (χ3n) is 4.43. The number of carbonyl (C=O) groups is 2. The van der Waals surface area contributed by atoms with E-state index in [-0.39, 0.29) is 11.8 Å². The third-order valence-corrected chi connectivity index (χ3v) is 4.43. The maximum atomic E-state index is 12.6. The number of para-hydroxylation sites is 1. The van der Waals surface area contributed by atoms with E-state index in [4.69, 9.17) is 0 Å². The molecule has 2 aromatic rings. The summed E-state index contributed by atoms with van der Waals surface area (Å²) in [6.45, 7) is 2.26. The Bertz CT molecular complexity index is 727. The van der Waals surface area contributed by atoms with Gasteiger partial charge in [-0.1, -0.05) is 48.5 Å². The van der Waals surface area contributed by atoms with Gasteiger partial charge in [0.15, 0.2) is 0 Å². The summed E-state index contributed by atoms with van der Waals surface area (Å²) in [6.07, 6.45) is 2.17. The molecular weight excluding hydrogens is 300 g/mol. The second-order valence-corrected chi connectivity index (χ2v) is 6.13. The fraction of sp³-hybridized carbons (Fsp3) is 0.300. The fourth-order valence-corrected chi connectivity index (χ4v) is 3.12. The average molecular weight is 322 g/mol. The number of hydrogen-bond acceptors (Lipinski definition) is 2. The standard InChI is InChI=1S/C20H22N2O2/c1-15(20(24)21-14-16-8-3-2-4-9-16)22-18-12-6-5-10-17(18)11-7-13-19(22)23/h2-6,8-10,12,15H,7,11,13-14H2,1H3,(H,21,24)/t15-/m0/s1. The number of anilines is 1. The molecule has 0 radical (unpaired) electrons. The molecule has 0 aromatic heterocycles. The van der Waals surface area contributed by atoms with Gasteiger partial charge in [0.1, 0.15) is 6.04 Å². The van der Waals surface area contributed by atoms with E-state index < -0.39 is 6.04 Å². The van der Waals surface area contributed by atoms with Crippen LogP contribution in [0.1, 0.15) is 30.9 Å². The number of benzene rings is 2. The molecule has 0 fully saturated rings. The van der Waals surface area contributed by atoms with E-state index in [1.54, 1.807) is 11.8 Å². The SMILES string of the molecule is C[C@@H](C(=O)NCc1ccccc1)N1C(=O)CCCc2ccccc21. The van der Waals surface area contributed by atoms with Crippen molar-refractivity contribution in [2.24, 2.45) is 0 Å². The summed E-state index contributed by atoms with van der Waals surface area (Å²) in [5, 5.41) is 2.93. The molecule has 0 saturated heterocycles. The van der Waals surface area contributed by atoms with E-state index in [9.17, 15) is 9.59 Å². The average Bonchev–Trinajstić information content (AvgIpc) is 2.78. The lowest BCUT2D eigenvalue weighted by atomic mass is 10.1. The number of amides is 2. The molecule has 4 nitrogen and oxygen atoms in total. The van der Waals surface area contributed by atoms with Gasteiger partial charge in [0.2, 0.25) is 11.8 Å². The minimum absolute atomic E-state index is 0.0160. The molecule has 1 heterocycles. The van der Waals surface area contributed by atoms with Crippen LogP contribution in [0.25, 0.3) is 0 Å². The summed E-state index contributed by atoms with van der Waals surface area (Å²) in [6, 6.07) is 17.1. The molecule has 1 N–H and O–H groups in total. The van der Waals surface area contributed by atoms with Gasteiger partial charge in [0, 0.05) is 18.7 Å². The normalized spacial score (nSPS) is 15.4. The number of carbonyl (C=O) groups excluding carboxylic acids is 2. The molecule has 3 rings (SSSR count). The van der Waals surface area contributed by atoms with Crippen molar-refractivity contribution < 1.29 is 9.59 Å². The van der Waals surface area contributed by atoms with Gasteiger partial charge in [-0.2, -0.15) is 0 Å². The number of fused-ring (bicyclic) bond motifs is 1. The zero-order valence-electron chi connectivity index (χ0n) is 13.9. The zero-order chi connectivity index (χ0) is 16.9. The van der Waals surface area contributed by atoms with Gasteiger partial charge in [0.25, 0.3) is 0 Å². The highest BCUT2D eigenvalue weighted by molar-refractivity contribution is 6.01. The first kappa shape index (κ1) is 16.2. The first-order valence-corrected chi connectivity index (χ1v) is 8.38. The predicted octanol–water partition coefficient (Wildman–Crippen LogP) is 3.06. The molecule has 0 saturated carbocycles.